The Labute approximate surface area is 142 Å². The van der Waals surface area contributed by atoms with E-state index in [2.05, 4.69) is 23.9 Å². The molecule has 1 N–H and O–H groups in total. The first-order valence-electron chi connectivity index (χ1n) is 7.61. The summed E-state index contributed by atoms with van der Waals surface area (Å²) in [5.74, 6) is 0.441. The Morgan fingerprint density at radius 3 is 2.41 bits per heavy atom. The van der Waals surface area contributed by atoms with Crippen molar-refractivity contribution in [3.8, 4) is 5.75 Å². The second-order valence-corrected chi connectivity index (χ2v) is 6.83. The fraction of sp³-hybridized carbons (Fsp3) is 0.625. The highest BCUT2D eigenvalue weighted by Crippen LogP contribution is 2.32. The number of benzene rings is 1. The van der Waals surface area contributed by atoms with Gasteiger partial charge in [0, 0.05) is 12.6 Å². The largest absolute Gasteiger partial charge is 0.488 e. The molecule has 0 radical (unpaired) electrons. The van der Waals surface area contributed by atoms with Gasteiger partial charge in [-0.05, 0) is 52.2 Å². The van der Waals surface area contributed by atoms with E-state index in [1.165, 1.54) is 0 Å². The number of aliphatic hydroxyl groups is 1. The molecule has 0 bridgehead atoms. The molecular weight excluding hydrogens is 323 g/mol. The van der Waals surface area contributed by atoms with Gasteiger partial charge in [-0.2, -0.15) is 0 Å². The van der Waals surface area contributed by atoms with Crippen LogP contribution in [-0.4, -0.2) is 67.4 Å². The van der Waals surface area contributed by atoms with E-state index < -0.39 is 6.10 Å². The number of aliphatic hydroxyl groups excluding tert-OH is 1. The summed E-state index contributed by atoms with van der Waals surface area (Å²) in [5, 5.41) is 11.1. The van der Waals surface area contributed by atoms with E-state index in [1.54, 1.807) is 18.2 Å². The molecule has 0 amide bonds. The standard InChI is InChI=1S/C16H24Cl2N2O2/c1-19(2)12-6-8-20(9-7-12)10-13(21)11-22-16-14(17)4-3-5-15(16)18/h3-5,12-13,21H,6-11H2,1-2H3. The molecule has 6 heteroatoms. The van der Waals surface area contributed by atoms with Gasteiger partial charge in [0.25, 0.3) is 0 Å². The lowest BCUT2D eigenvalue weighted by Gasteiger charge is -2.35. The van der Waals surface area contributed by atoms with E-state index >= 15 is 0 Å². The van der Waals surface area contributed by atoms with Crippen LogP contribution in [0.2, 0.25) is 10.0 Å². The Hall–Kier alpha value is -0.520. The first-order chi connectivity index (χ1) is 10.5. The van der Waals surface area contributed by atoms with Crippen molar-refractivity contribution in [2.75, 3.05) is 40.3 Å². The molecule has 1 atom stereocenters. The average Bonchev–Trinajstić information content (AvgIpc) is 2.47. The maximum Gasteiger partial charge on any atom is 0.156 e. The van der Waals surface area contributed by atoms with Crippen LogP contribution in [0.25, 0.3) is 0 Å². The van der Waals surface area contributed by atoms with Crippen molar-refractivity contribution in [2.24, 2.45) is 0 Å². The number of para-hydroxylation sites is 1. The lowest BCUT2D eigenvalue weighted by Crippen LogP contribution is -2.45. The summed E-state index contributed by atoms with van der Waals surface area (Å²) in [6.45, 7) is 2.82. The number of hydrogen-bond acceptors (Lipinski definition) is 4. The van der Waals surface area contributed by atoms with Crippen LogP contribution < -0.4 is 4.74 Å². The van der Waals surface area contributed by atoms with E-state index in [1.807, 2.05) is 0 Å². The van der Waals surface area contributed by atoms with Gasteiger partial charge >= 0.3 is 0 Å². The highest BCUT2D eigenvalue weighted by molar-refractivity contribution is 6.37. The summed E-state index contributed by atoms with van der Waals surface area (Å²) in [6.07, 6.45) is 1.72. The van der Waals surface area contributed by atoms with Crippen LogP contribution >= 0.6 is 23.2 Å². The Morgan fingerprint density at radius 1 is 1.27 bits per heavy atom. The van der Waals surface area contributed by atoms with Crippen LogP contribution in [0, 0.1) is 0 Å². The Morgan fingerprint density at radius 2 is 1.86 bits per heavy atom. The van der Waals surface area contributed by atoms with Crippen molar-refractivity contribution < 1.29 is 9.84 Å². The quantitative estimate of drug-likeness (QED) is 0.859. The number of ether oxygens (including phenoxy) is 1. The molecule has 0 aliphatic carbocycles. The van der Waals surface area contributed by atoms with Gasteiger partial charge in [-0.25, -0.2) is 0 Å². The molecule has 0 saturated carbocycles. The molecule has 1 saturated heterocycles. The minimum atomic E-state index is -0.553. The molecule has 22 heavy (non-hydrogen) atoms. The van der Waals surface area contributed by atoms with Crippen LogP contribution in [0.5, 0.6) is 5.75 Å². The van der Waals surface area contributed by atoms with Crippen LogP contribution in [0.3, 0.4) is 0 Å². The zero-order chi connectivity index (χ0) is 16.1. The molecule has 1 aromatic rings. The van der Waals surface area contributed by atoms with Gasteiger partial charge < -0.3 is 19.6 Å². The zero-order valence-electron chi connectivity index (χ0n) is 13.1. The summed E-state index contributed by atoms with van der Waals surface area (Å²) in [6, 6.07) is 5.86. The predicted octanol–water partition coefficient (Wildman–Crippen LogP) is 2.76. The van der Waals surface area contributed by atoms with Crippen LogP contribution in [-0.2, 0) is 0 Å². The second-order valence-electron chi connectivity index (χ2n) is 6.01. The summed E-state index contributed by atoms with van der Waals surface area (Å²) in [5.41, 5.74) is 0. The molecule has 0 spiro atoms. The average molecular weight is 347 g/mol. The van der Waals surface area contributed by atoms with Gasteiger partial charge in [-0.3, -0.25) is 0 Å². The number of β-amino-alcohol motifs (C(OH)–C–C–N with tert-alkyl or cyclic N) is 1. The summed E-state index contributed by atoms with van der Waals surface area (Å²) in [4.78, 5) is 4.55. The summed E-state index contributed by atoms with van der Waals surface area (Å²) in [7, 11) is 4.24. The van der Waals surface area contributed by atoms with E-state index in [4.69, 9.17) is 27.9 Å². The zero-order valence-corrected chi connectivity index (χ0v) is 14.6. The number of likely N-dealkylation sites (tertiary alicyclic amines) is 1. The van der Waals surface area contributed by atoms with Crippen molar-refractivity contribution in [1.29, 1.82) is 0 Å². The lowest BCUT2D eigenvalue weighted by atomic mass is 10.0. The van der Waals surface area contributed by atoms with E-state index in [0.717, 1.165) is 25.9 Å². The number of piperidine rings is 1. The summed E-state index contributed by atoms with van der Waals surface area (Å²) >= 11 is 12.1. The third-order valence-electron chi connectivity index (χ3n) is 4.10. The maximum atomic E-state index is 10.2. The summed E-state index contributed by atoms with van der Waals surface area (Å²) < 4.78 is 5.58. The van der Waals surface area contributed by atoms with E-state index in [0.29, 0.717) is 28.4 Å². The van der Waals surface area contributed by atoms with Crippen molar-refractivity contribution in [3.05, 3.63) is 28.2 Å². The number of hydrogen-bond donors (Lipinski definition) is 1. The minimum absolute atomic E-state index is 0.192. The maximum absolute atomic E-state index is 10.2. The van der Waals surface area contributed by atoms with Crippen molar-refractivity contribution in [3.63, 3.8) is 0 Å². The number of halogens is 2. The Kier molecular flexibility index (Phi) is 6.78. The smallest absolute Gasteiger partial charge is 0.156 e. The molecule has 1 aliphatic heterocycles. The highest BCUT2D eigenvalue weighted by atomic mass is 35.5. The van der Waals surface area contributed by atoms with Crippen molar-refractivity contribution >= 4 is 23.2 Å². The molecule has 1 heterocycles. The van der Waals surface area contributed by atoms with Gasteiger partial charge in [-0.15, -0.1) is 0 Å². The van der Waals surface area contributed by atoms with E-state index in [9.17, 15) is 5.11 Å². The van der Waals surface area contributed by atoms with Gasteiger partial charge in [0.1, 0.15) is 12.7 Å². The third kappa shape index (κ3) is 5.00. The number of nitrogens with zero attached hydrogens (tertiary/aromatic N) is 2. The first-order valence-corrected chi connectivity index (χ1v) is 8.36. The lowest BCUT2D eigenvalue weighted by molar-refractivity contribution is 0.0506. The van der Waals surface area contributed by atoms with Gasteiger partial charge in [0.05, 0.1) is 10.0 Å². The molecule has 1 aromatic carbocycles. The van der Waals surface area contributed by atoms with Crippen molar-refractivity contribution in [1.82, 2.24) is 9.80 Å². The molecule has 124 valence electrons. The predicted molar refractivity (Wildman–Crippen MR) is 91.1 cm³/mol. The molecule has 0 aromatic heterocycles. The Balaban J connectivity index is 1.76. The molecule has 4 nitrogen and oxygen atoms in total. The molecule has 1 fully saturated rings. The molecular formula is C16H24Cl2N2O2. The highest BCUT2D eigenvalue weighted by Gasteiger charge is 2.22. The third-order valence-corrected chi connectivity index (χ3v) is 4.69. The van der Waals surface area contributed by atoms with Crippen LogP contribution in [0.15, 0.2) is 18.2 Å². The fourth-order valence-electron chi connectivity index (χ4n) is 2.77. The first kappa shape index (κ1) is 17.8. The minimum Gasteiger partial charge on any atom is -0.488 e. The van der Waals surface area contributed by atoms with Crippen LogP contribution in [0.4, 0.5) is 0 Å². The number of rotatable bonds is 6. The fourth-order valence-corrected chi connectivity index (χ4v) is 3.28. The Bertz CT molecular complexity index is 457. The topological polar surface area (TPSA) is 35.9 Å². The monoisotopic (exact) mass is 346 g/mol. The van der Waals surface area contributed by atoms with Gasteiger partial charge in [0.2, 0.25) is 0 Å². The SMILES string of the molecule is CN(C)C1CCN(CC(O)COc2c(Cl)cccc2Cl)CC1. The molecule has 1 aliphatic rings. The normalized spacial score (nSPS) is 18.6. The van der Waals surface area contributed by atoms with Gasteiger partial charge in [0.15, 0.2) is 5.75 Å². The second kappa shape index (κ2) is 8.37. The van der Waals surface area contributed by atoms with Crippen LogP contribution in [0.1, 0.15) is 12.8 Å². The van der Waals surface area contributed by atoms with E-state index in [-0.39, 0.29) is 6.61 Å². The molecule has 2 rings (SSSR count). The van der Waals surface area contributed by atoms with Crippen molar-refractivity contribution in [2.45, 2.75) is 25.0 Å². The molecule has 1 unspecified atom stereocenters. The van der Waals surface area contributed by atoms with Gasteiger partial charge in [-0.1, -0.05) is 29.3 Å².